The largest absolute Gasteiger partial charge is 0.355 e. The zero-order valence-electron chi connectivity index (χ0n) is 14.6. The molecular formula is C19H23N3O2S. The second-order valence-corrected chi connectivity index (χ2v) is 7.52. The molecule has 1 aromatic carbocycles. The van der Waals surface area contributed by atoms with Crippen LogP contribution in [-0.4, -0.2) is 34.8 Å². The van der Waals surface area contributed by atoms with E-state index in [4.69, 9.17) is 0 Å². The van der Waals surface area contributed by atoms with Crippen LogP contribution in [-0.2, 0) is 16.1 Å². The molecule has 0 bridgehead atoms. The molecule has 1 aliphatic rings. The van der Waals surface area contributed by atoms with Crippen LogP contribution in [0.5, 0.6) is 0 Å². The van der Waals surface area contributed by atoms with E-state index in [0.29, 0.717) is 26.1 Å². The standard InChI is InChI=1S/C19H23N3O2S/c1-13(19-21-14(2)12-25-19)9-20-18(24)16-8-17(23)22(11-16)10-15-6-4-3-5-7-15/h3-7,12-13,16H,8-11H2,1-2H3,(H,20,24)/t13-,16-/m1/s1. The minimum Gasteiger partial charge on any atom is -0.355 e. The first-order valence-electron chi connectivity index (χ1n) is 8.54. The van der Waals surface area contributed by atoms with E-state index in [1.54, 1.807) is 16.2 Å². The summed E-state index contributed by atoms with van der Waals surface area (Å²) in [7, 11) is 0. The monoisotopic (exact) mass is 357 g/mol. The van der Waals surface area contributed by atoms with E-state index in [-0.39, 0.29) is 23.7 Å². The molecule has 1 aliphatic heterocycles. The van der Waals surface area contributed by atoms with Gasteiger partial charge >= 0.3 is 0 Å². The fourth-order valence-electron chi connectivity index (χ4n) is 2.99. The number of nitrogens with zero attached hydrogens (tertiary/aromatic N) is 2. The second-order valence-electron chi connectivity index (χ2n) is 6.63. The number of nitrogens with one attached hydrogen (secondary N) is 1. The van der Waals surface area contributed by atoms with Crippen molar-refractivity contribution in [3.8, 4) is 0 Å². The van der Waals surface area contributed by atoms with Crippen molar-refractivity contribution in [1.29, 1.82) is 0 Å². The van der Waals surface area contributed by atoms with E-state index in [0.717, 1.165) is 16.3 Å². The van der Waals surface area contributed by atoms with Gasteiger partial charge in [0.05, 0.1) is 10.9 Å². The molecule has 132 valence electrons. The Morgan fingerprint density at radius 2 is 2.16 bits per heavy atom. The Morgan fingerprint density at radius 1 is 1.40 bits per heavy atom. The predicted octanol–water partition coefficient (Wildman–Crippen LogP) is 2.72. The van der Waals surface area contributed by atoms with Crippen molar-refractivity contribution in [2.45, 2.75) is 32.7 Å². The fraction of sp³-hybridized carbons (Fsp3) is 0.421. The molecule has 6 heteroatoms. The number of benzene rings is 1. The average Bonchev–Trinajstić information content (AvgIpc) is 3.20. The number of aromatic nitrogens is 1. The van der Waals surface area contributed by atoms with E-state index in [9.17, 15) is 9.59 Å². The molecule has 0 saturated carbocycles. The number of carbonyl (C=O) groups excluding carboxylic acids is 2. The van der Waals surface area contributed by atoms with E-state index in [2.05, 4.69) is 17.2 Å². The lowest BCUT2D eigenvalue weighted by atomic mass is 10.1. The molecule has 1 fully saturated rings. The van der Waals surface area contributed by atoms with Crippen molar-refractivity contribution in [3.63, 3.8) is 0 Å². The lowest BCUT2D eigenvalue weighted by molar-refractivity contribution is -0.129. The summed E-state index contributed by atoms with van der Waals surface area (Å²) < 4.78 is 0. The van der Waals surface area contributed by atoms with Gasteiger partial charge < -0.3 is 10.2 Å². The molecule has 1 aromatic heterocycles. The number of carbonyl (C=O) groups is 2. The van der Waals surface area contributed by atoms with Crippen molar-refractivity contribution in [1.82, 2.24) is 15.2 Å². The van der Waals surface area contributed by atoms with Crippen molar-refractivity contribution in [2.24, 2.45) is 5.92 Å². The maximum atomic E-state index is 12.4. The van der Waals surface area contributed by atoms with Gasteiger partial charge in [-0.15, -0.1) is 11.3 Å². The molecule has 1 N–H and O–H groups in total. The van der Waals surface area contributed by atoms with Gasteiger partial charge in [0.1, 0.15) is 0 Å². The average molecular weight is 357 g/mol. The topological polar surface area (TPSA) is 62.3 Å². The molecule has 2 amide bonds. The maximum Gasteiger partial charge on any atom is 0.225 e. The van der Waals surface area contributed by atoms with Gasteiger partial charge in [0, 0.05) is 43.0 Å². The zero-order valence-corrected chi connectivity index (χ0v) is 15.4. The summed E-state index contributed by atoms with van der Waals surface area (Å²) in [4.78, 5) is 30.8. The van der Waals surface area contributed by atoms with Gasteiger partial charge in [0.15, 0.2) is 0 Å². The number of hydrogen-bond donors (Lipinski definition) is 1. The highest BCUT2D eigenvalue weighted by Crippen LogP contribution is 2.22. The maximum absolute atomic E-state index is 12.4. The smallest absolute Gasteiger partial charge is 0.225 e. The summed E-state index contributed by atoms with van der Waals surface area (Å²) in [6.45, 7) is 5.63. The van der Waals surface area contributed by atoms with Gasteiger partial charge in [0.2, 0.25) is 11.8 Å². The molecule has 0 aliphatic carbocycles. The summed E-state index contributed by atoms with van der Waals surface area (Å²) in [5.74, 6) is -0.0711. The van der Waals surface area contributed by atoms with Crippen LogP contribution in [0.4, 0.5) is 0 Å². The van der Waals surface area contributed by atoms with Crippen molar-refractivity contribution in [2.75, 3.05) is 13.1 Å². The third kappa shape index (κ3) is 4.45. The molecule has 1 saturated heterocycles. The number of aryl methyl sites for hydroxylation is 1. The van der Waals surface area contributed by atoms with Crippen LogP contribution in [0.25, 0.3) is 0 Å². The second kappa shape index (κ2) is 7.78. The summed E-state index contributed by atoms with van der Waals surface area (Å²) >= 11 is 1.62. The molecule has 3 rings (SSSR count). The summed E-state index contributed by atoms with van der Waals surface area (Å²) in [5.41, 5.74) is 2.10. The highest BCUT2D eigenvalue weighted by molar-refractivity contribution is 7.09. The SMILES string of the molecule is Cc1csc([C@H](C)CNC(=O)[C@@H]2CC(=O)N(Cc3ccccc3)C2)n1. The molecule has 25 heavy (non-hydrogen) atoms. The van der Waals surface area contributed by atoms with Crippen LogP contribution < -0.4 is 5.32 Å². The first-order valence-corrected chi connectivity index (χ1v) is 9.42. The first kappa shape index (κ1) is 17.6. The minimum atomic E-state index is -0.263. The molecule has 5 nitrogen and oxygen atoms in total. The van der Waals surface area contributed by atoms with Crippen LogP contribution >= 0.6 is 11.3 Å². The molecule has 0 radical (unpaired) electrons. The Hall–Kier alpha value is -2.21. The third-order valence-electron chi connectivity index (χ3n) is 4.44. The van der Waals surface area contributed by atoms with E-state index >= 15 is 0 Å². The van der Waals surface area contributed by atoms with Crippen LogP contribution in [0.15, 0.2) is 35.7 Å². The Bertz CT molecular complexity index is 744. The first-order chi connectivity index (χ1) is 12.0. The molecule has 0 unspecified atom stereocenters. The van der Waals surface area contributed by atoms with Crippen LogP contribution in [0, 0.1) is 12.8 Å². The third-order valence-corrected chi connectivity index (χ3v) is 5.64. The minimum absolute atomic E-state index is 0.0379. The molecule has 0 spiro atoms. The van der Waals surface area contributed by atoms with Gasteiger partial charge in [-0.3, -0.25) is 9.59 Å². The molecule has 2 heterocycles. The summed E-state index contributed by atoms with van der Waals surface area (Å²) in [6, 6.07) is 9.87. The highest BCUT2D eigenvalue weighted by atomic mass is 32.1. The normalized spacial score (nSPS) is 18.4. The summed E-state index contributed by atoms with van der Waals surface area (Å²) in [6.07, 6.45) is 0.295. The highest BCUT2D eigenvalue weighted by Gasteiger charge is 2.34. The quantitative estimate of drug-likeness (QED) is 0.865. The number of rotatable bonds is 6. The van der Waals surface area contributed by atoms with Crippen molar-refractivity contribution in [3.05, 3.63) is 52.0 Å². The molecular weight excluding hydrogens is 334 g/mol. The van der Waals surface area contributed by atoms with Crippen LogP contribution in [0.2, 0.25) is 0 Å². The Kier molecular flexibility index (Phi) is 5.48. The van der Waals surface area contributed by atoms with Crippen molar-refractivity contribution < 1.29 is 9.59 Å². The lowest BCUT2D eigenvalue weighted by Gasteiger charge is -2.17. The fourth-order valence-corrected chi connectivity index (χ4v) is 3.84. The zero-order chi connectivity index (χ0) is 17.8. The van der Waals surface area contributed by atoms with E-state index in [1.165, 1.54) is 0 Å². The van der Waals surface area contributed by atoms with Crippen LogP contribution in [0.3, 0.4) is 0 Å². The van der Waals surface area contributed by atoms with Gasteiger partial charge in [-0.05, 0) is 12.5 Å². The van der Waals surface area contributed by atoms with Gasteiger partial charge in [-0.25, -0.2) is 4.98 Å². The van der Waals surface area contributed by atoms with Gasteiger partial charge in [-0.2, -0.15) is 0 Å². The molecule has 2 aromatic rings. The Labute approximate surface area is 152 Å². The van der Waals surface area contributed by atoms with E-state index < -0.39 is 0 Å². The number of likely N-dealkylation sites (tertiary alicyclic amines) is 1. The van der Waals surface area contributed by atoms with Crippen molar-refractivity contribution >= 4 is 23.2 Å². The van der Waals surface area contributed by atoms with Gasteiger partial charge in [0.25, 0.3) is 0 Å². The summed E-state index contributed by atoms with van der Waals surface area (Å²) in [5, 5.41) is 6.04. The van der Waals surface area contributed by atoms with Crippen LogP contribution in [0.1, 0.15) is 35.5 Å². The van der Waals surface area contributed by atoms with Gasteiger partial charge in [-0.1, -0.05) is 37.3 Å². The van der Waals surface area contributed by atoms with E-state index in [1.807, 2.05) is 42.6 Å². The Morgan fingerprint density at radius 3 is 2.84 bits per heavy atom. The lowest BCUT2D eigenvalue weighted by Crippen LogP contribution is -2.34. The number of hydrogen-bond acceptors (Lipinski definition) is 4. The molecule has 2 atom stereocenters. The Balaban J connectivity index is 1.50. The number of amides is 2. The number of thiazole rings is 1. The predicted molar refractivity (Wildman–Crippen MR) is 98.2 cm³/mol.